The standard InChI is InChI=1S/C17H23NO/c1-15-9-11-18(12-10-15)14-17-7-5-16(6-8-17)4-2-3-13-19/h5-8,15,19H,3,9-14H2,1H3. The quantitative estimate of drug-likeness (QED) is 0.842. The van der Waals surface area contributed by atoms with Crippen LogP contribution in [0.25, 0.3) is 0 Å². The molecule has 2 nitrogen and oxygen atoms in total. The number of hydrogen-bond donors (Lipinski definition) is 1. The lowest BCUT2D eigenvalue weighted by atomic mass is 9.99. The van der Waals surface area contributed by atoms with Crippen LogP contribution >= 0.6 is 0 Å². The Labute approximate surface area is 116 Å². The molecule has 0 bridgehead atoms. The molecule has 1 fully saturated rings. The van der Waals surface area contributed by atoms with E-state index < -0.39 is 0 Å². The Hall–Kier alpha value is -1.30. The highest BCUT2D eigenvalue weighted by Gasteiger charge is 2.15. The molecule has 0 unspecified atom stereocenters. The number of aliphatic hydroxyl groups excluding tert-OH is 1. The monoisotopic (exact) mass is 257 g/mol. The number of nitrogens with zero attached hydrogens (tertiary/aromatic N) is 1. The van der Waals surface area contributed by atoms with Gasteiger partial charge in [-0.3, -0.25) is 4.90 Å². The summed E-state index contributed by atoms with van der Waals surface area (Å²) in [6.45, 7) is 5.98. The smallest absolute Gasteiger partial charge is 0.0540 e. The third-order valence-electron chi connectivity index (χ3n) is 3.71. The predicted octanol–water partition coefficient (Wildman–Crippen LogP) is 2.65. The molecule has 0 spiro atoms. The van der Waals surface area contributed by atoms with E-state index in [2.05, 4.69) is 47.9 Å². The molecule has 1 N–H and O–H groups in total. The number of aliphatic hydroxyl groups is 1. The van der Waals surface area contributed by atoms with E-state index in [0.29, 0.717) is 6.42 Å². The fourth-order valence-corrected chi connectivity index (χ4v) is 2.39. The van der Waals surface area contributed by atoms with Crippen LogP contribution in [-0.2, 0) is 6.54 Å². The van der Waals surface area contributed by atoms with Crippen LogP contribution < -0.4 is 0 Å². The van der Waals surface area contributed by atoms with E-state index in [-0.39, 0.29) is 6.61 Å². The van der Waals surface area contributed by atoms with E-state index in [1.165, 1.54) is 31.5 Å². The first-order valence-electron chi connectivity index (χ1n) is 7.19. The van der Waals surface area contributed by atoms with Gasteiger partial charge in [-0.1, -0.05) is 30.9 Å². The minimum atomic E-state index is 0.137. The van der Waals surface area contributed by atoms with Crippen molar-refractivity contribution in [1.29, 1.82) is 0 Å². The summed E-state index contributed by atoms with van der Waals surface area (Å²) in [4.78, 5) is 2.53. The van der Waals surface area contributed by atoms with Crippen molar-refractivity contribution in [3.63, 3.8) is 0 Å². The molecule has 0 radical (unpaired) electrons. The molecule has 1 aliphatic heterocycles. The Bertz CT molecular complexity index is 433. The summed E-state index contributed by atoms with van der Waals surface area (Å²) in [5, 5.41) is 8.68. The fourth-order valence-electron chi connectivity index (χ4n) is 2.39. The van der Waals surface area contributed by atoms with Gasteiger partial charge in [0.05, 0.1) is 6.61 Å². The van der Waals surface area contributed by atoms with Crippen LogP contribution in [0.4, 0.5) is 0 Å². The molecular formula is C17H23NO. The van der Waals surface area contributed by atoms with Crippen LogP contribution in [0.1, 0.15) is 37.3 Å². The van der Waals surface area contributed by atoms with E-state index in [4.69, 9.17) is 5.11 Å². The highest BCUT2D eigenvalue weighted by Crippen LogP contribution is 2.18. The summed E-state index contributed by atoms with van der Waals surface area (Å²) in [5.74, 6) is 6.89. The largest absolute Gasteiger partial charge is 0.395 e. The maximum atomic E-state index is 8.68. The molecule has 0 atom stereocenters. The van der Waals surface area contributed by atoms with Gasteiger partial charge in [0.1, 0.15) is 0 Å². The molecule has 102 valence electrons. The SMILES string of the molecule is CC1CCN(Cc2ccc(C#CCCO)cc2)CC1. The molecule has 1 aromatic rings. The van der Waals surface area contributed by atoms with E-state index in [9.17, 15) is 0 Å². The first-order chi connectivity index (χ1) is 9.28. The van der Waals surface area contributed by atoms with Gasteiger partial charge >= 0.3 is 0 Å². The van der Waals surface area contributed by atoms with Crippen LogP contribution in [0.5, 0.6) is 0 Å². The summed E-state index contributed by atoms with van der Waals surface area (Å²) < 4.78 is 0. The molecule has 0 saturated carbocycles. The maximum absolute atomic E-state index is 8.68. The number of hydrogen-bond acceptors (Lipinski definition) is 2. The van der Waals surface area contributed by atoms with Crippen molar-refractivity contribution in [3.05, 3.63) is 35.4 Å². The minimum absolute atomic E-state index is 0.137. The lowest BCUT2D eigenvalue weighted by Crippen LogP contribution is -2.32. The second-order valence-electron chi connectivity index (χ2n) is 5.43. The lowest BCUT2D eigenvalue weighted by molar-refractivity contribution is 0.185. The van der Waals surface area contributed by atoms with Gasteiger partial charge in [0.15, 0.2) is 0 Å². The van der Waals surface area contributed by atoms with Crippen molar-refractivity contribution < 1.29 is 5.11 Å². The van der Waals surface area contributed by atoms with E-state index in [1.807, 2.05) is 0 Å². The second kappa shape index (κ2) is 7.33. The molecule has 0 amide bonds. The van der Waals surface area contributed by atoms with Crippen LogP contribution in [0.2, 0.25) is 0 Å². The summed E-state index contributed by atoms with van der Waals surface area (Å²) in [6, 6.07) is 8.49. The second-order valence-corrected chi connectivity index (χ2v) is 5.43. The molecule has 1 aliphatic rings. The van der Waals surface area contributed by atoms with Crippen LogP contribution in [0.15, 0.2) is 24.3 Å². The molecule has 1 heterocycles. The predicted molar refractivity (Wildman–Crippen MR) is 78.7 cm³/mol. The number of likely N-dealkylation sites (tertiary alicyclic amines) is 1. The van der Waals surface area contributed by atoms with Crippen molar-refractivity contribution in [2.45, 2.75) is 32.7 Å². The minimum Gasteiger partial charge on any atom is -0.395 e. The zero-order chi connectivity index (χ0) is 13.5. The summed E-state index contributed by atoms with van der Waals surface area (Å²) >= 11 is 0. The average Bonchev–Trinajstić information content (AvgIpc) is 2.44. The highest BCUT2D eigenvalue weighted by atomic mass is 16.2. The maximum Gasteiger partial charge on any atom is 0.0540 e. The Morgan fingerprint density at radius 2 is 1.89 bits per heavy atom. The van der Waals surface area contributed by atoms with Gasteiger partial charge in [0.2, 0.25) is 0 Å². The summed E-state index contributed by atoms with van der Waals surface area (Å²) in [7, 11) is 0. The summed E-state index contributed by atoms with van der Waals surface area (Å²) in [6.07, 6.45) is 3.20. The zero-order valence-electron chi connectivity index (χ0n) is 11.7. The molecule has 1 saturated heterocycles. The number of piperidine rings is 1. The van der Waals surface area contributed by atoms with Crippen LogP contribution in [-0.4, -0.2) is 29.7 Å². The molecule has 2 heteroatoms. The molecule has 0 aromatic heterocycles. The van der Waals surface area contributed by atoms with Gasteiger partial charge in [-0.25, -0.2) is 0 Å². The third-order valence-corrected chi connectivity index (χ3v) is 3.71. The normalized spacial score (nSPS) is 16.9. The number of benzene rings is 1. The average molecular weight is 257 g/mol. The van der Waals surface area contributed by atoms with Gasteiger partial charge in [0.25, 0.3) is 0 Å². The number of rotatable bonds is 3. The Balaban J connectivity index is 1.87. The zero-order valence-corrected chi connectivity index (χ0v) is 11.7. The van der Waals surface area contributed by atoms with Crippen LogP contribution in [0, 0.1) is 17.8 Å². The van der Waals surface area contributed by atoms with E-state index in [1.54, 1.807) is 0 Å². The lowest BCUT2D eigenvalue weighted by Gasteiger charge is -2.30. The molecule has 2 rings (SSSR count). The van der Waals surface area contributed by atoms with Crippen molar-refractivity contribution in [2.24, 2.45) is 5.92 Å². The fraction of sp³-hybridized carbons (Fsp3) is 0.529. The van der Waals surface area contributed by atoms with Gasteiger partial charge in [-0.2, -0.15) is 0 Å². The van der Waals surface area contributed by atoms with Gasteiger partial charge in [-0.05, 0) is 49.5 Å². The van der Waals surface area contributed by atoms with Gasteiger partial charge in [-0.15, -0.1) is 0 Å². The molecule has 1 aromatic carbocycles. The molecular weight excluding hydrogens is 234 g/mol. The van der Waals surface area contributed by atoms with Crippen molar-refractivity contribution in [1.82, 2.24) is 4.90 Å². The van der Waals surface area contributed by atoms with Crippen LogP contribution in [0.3, 0.4) is 0 Å². The molecule has 0 aliphatic carbocycles. The highest BCUT2D eigenvalue weighted by molar-refractivity contribution is 5.36. The first kappa shape index (κ1) is 14.1. The Kier molecular flexibility index (Phi) is 5.44. The molecule has 19 heavy (non-hydrogen) atoms. The van der Waals surface area contributed by atoms with E-state index in [0.717, 1.165) is 18.0 Å². The summed E-state index contributed by atoms with van der Waals surface area (Å²) in [5.41, 5.74) is 2.40. The van der Waals surface area contributed by atoms with Crippen molar-refractivity contribution in [3.8, 4) is 11.8 Å². The third kappa shape index (κ3) is 4.70. The first-order valence-corrected chi connectivity index (χ1v) is 7.19. The Morgan fingerprint density at radius 1 is 1.21 bits per heavy atom. The van der Waals surface area contributed by atoms with Gasteiger partial charge < -0.3 is 5.11 Å². The van der Waals surface area contributed by atoms with E-state index >= 15 is 0 Å². The van der Waals surface area contributed by atoms with Crippen molar-refractivity contribution in [2.75, 3.05) is 19.7 Å². The Morgan fingerprint density at radius 3 is 2.53 bits per heavy atom. The van der Waals surface area contributed by atoms with Crippen molar-refractivity contribution >= 4 is 0 Å². The topological polar surface area (TPSA) is 23.5 Å². The van der Waals surface area contributed by atoms with Gasteiger partial charge in [0, 0.05) is 18.5 Å².